The van der Waals surface area contributed by atoms with Crippen molar-refractivity contribution in [3.05, 3.63) is 41.5 Å². The summed E-state index contributed by atoms with van der Waals surface area (Å²) in [4.78, 5) is 24.6. The lowest BCUT2D eigenvalue weighted by atomic mass is 10.1. The second-order valence-electron chi connectivity index (χ2n) is 4.99. The van der Waals surface area contributed by atoms with Crippen LogP contribution in [0.2, 0.25) is 0 Å². The van der Waals surface area contributed by atoms with Gasteiger partial charge in [0.25, 0.3) is 0 Å². The Morgan fingerprint density at radius 1 is 1.41 bits per heavy atom. The number of carbonyl (C=O) groups excluding carboxylic acids is 1. The molecule has 6 heteroatoms. The highest BCUT2D eigenvalue weighted by Gasteiger charge is 2.22. The lowest BCUT2D eigenvalue weighted by molar-refractivity contribution is -0.135. The van der Waals surface area contributed by atoms with E-state index >= 15 is 0 Å². The number of carboxylic acid groups (broad SMARTS) is 1. The number of morpholine rings is 1. The molecule has 2 rings (SSSR count). The highest BCUT2D eigenvalue weighted by atomic mass is 16.5. The van der Waals surface area contributed by atoms with E-state index in [1.54, 1.807) is 30.2 Å². The van der Waals surface area contributed by atoms with Crippen LogP contribution in [-0.2, 0) is 14.3 Å². The van der Waals surface area contributed by atoms with E-state index in [-0.39, 0.29) is 17.6 Å². The van der Waals surface area contributed by atoms with Gasteiger partial charge in [-0.15, -0.1) is 0 Å². The van der Waals surface area contributed by atoms with Gasteiger partial charge >= 0.3 is 5.97 Å². The Bertz CT molecular complexity index is 550. The number of rotatable bonds is 5. The molecule has 0 aromatic heterocycles. The molecule has 0 bridgehead atoms. The van der Waals surface area contributed by atoms with Crippen molar-refractivity contribution in [3.63, 3.8) is 0 Å². The number of nitrogens with zero attached hydrogens (tertiary/aromatic N) is 1. The lowest BCUT2D eigenvalue weighted by Crippen LogP contribution is -2.46. The Labute approximate surface area is 128 Å². The van der Waals surface area contributed by atoms with E-state index in [1.807, 2.05) is 0 Å². The maximum atomic E-state index is 12.1. The maximum absolute atomic E-state index is 12.1. The van der Waals surface area contributed by atoms with Crippen molar-refractivity contribution < 1.29 is 24.2 Å². The summed E-state index contributed by atoms with van der Waals surface area (Å²) in [6, 6.07) is 6.35. The van der Waals surface area contributed by atoms with Crippen LogP contribution >= 0.6 is 0 Å². The van der Waals surface area contributed by atoms with Gasteiger partial charge in [0, 0.05) is 26.3 Å². The molecule has 1 aliphatic rings. The van der Waals surface area contributed by atoms with Crippen LogP contribution in [0.5, 0.6) is 0 Å². The molecule has 1 saturated heterocycles. The first kappa shape index (κ1) is 16.2. The number of methoxy groups -OCH3 is 1. The SMILES string of the molecule is COCC1CN(C(=O)/C=C/c2ccc(C(=O)O)cc2)CCO1. The normalized spacial score (nSPS) is 18.6. The van der Waals surface area contributed by atoms with E-state index in [2.05, 4.69) is 0 Å². The summed E-state index contributed by atoms with van der Waals surface area (Å²) in [6.45, 7) is 2.03. The summed E-state index contributed by atoms with van der Waals surface area (Å²) < 4.78 is 10.5. The van der Waals surface area contributed by atoms with Crippen molar-refractivity contribution in [3.8, 4) is 0 Å². The average Bonchev–Trinajstić information content (AvgIpc) is 2.53. The fourth-order valence-corrected chi connectivity index (χ4v) is 2.22. The summed E-state index contributed by atoms with van der Waals surface area (Å²) in [7, 11) is 1.60. The molecule has 1 atom stereocenters. The van der Waals surface area contributed by atoms with Gasteiger partial charge in [0.2, 0.25) is 5.91 Å². The number of aromatic carboxylic acids is 1. The number of hydrogen-bond acceptors (Lipinski definition) is 4. The summed E-state index contributed by atoms with van der Waals surface area (Å²) in [5.41, 5.74) is 0.999. The number of carbonyl (C=O) groups is 2. The molecule has 0 radical (unpaired) electrons. The van der Waals surface area contributed by atoms with Gasteiger partial charge in [-0.2, -0.15) is 0 Å². The first-order chi connectivity index (χ1) is 10.6. The van der Waals surface area contributed by atoms with E-state index < -0.39 is 5.97 Å². The average molecular weight is 305 g/mol. The maximum Gasteiger partial charge on any atom is 0.335 e. The number of benzene rings is 1. The summed E-state index contributed by atoms with van der Waals surface area (Å²) in [5.74, 6) is -1.06. The van der Waals surface area contributed by atoms with Gasteiger partial charge in [0.1, 0.15) is 0 Å². The Hall–Kier alpha value is -2.18. The summed E-state index contributed by atoms with van der Waals surface area (Å²) in [5, 5.41) is 8.83. The van der Waals surface area contributed by atoms with Crippen molar-refractivity contribution in [2.45, 2.75) is 6.10 Å². The number of amides is 1. The first-order valence-electron chi connectivity index (χ1n) is 7.01. The molecule has 1 aliphatic heterocycles. The quantitative estimate of drug-likeness (QED) is 0.829. The standard InChI is InChI=1S/C16H19NO5/c1-21-11-14-10-17(8-9-22-14)15(18)7-4-12-2-5-13(6-3-12)16(19)20/h2-7,14H,8-11H2,1H3,(H,19,20)/b7-4+. The molecule has 1 N–H and O–H groups in total. The molecule has 1 aromatic rings. The third-order valence-electron chi connectivity index (χ3n) is 3.38. The van der Waals surface area contributed by atoms with E-state index in [9.17, 15) is 9.59 Å². The van der Waals surface area contributed by atoms with Crippen LogP contribution in [0.25, 0.3) is 6.08 Å². The molecular weight excluding hydrogens is 286 g/mol. The zero-order valence-corrected chi connectivity index (χ0v) is 12.4. The van der Waals surface area contributed by atoms with Gasteiger partial charge < -0.3 is 19.5 Å². The highest BCUT2D eigenvalue weighted by Crippen LogP contribution is 2.09. The Morgan fingerprint density at radius 3 is 2.77 bits per heavy atom. The van der Waals surface area contributed by atoms with Gasteiger partial charge in [-0.25, -0.2) is 4.79 Å². The molecule has 0 aliphatic carbocycles. The van der Waals surface area contributed by atoms with Crippen molar-refractivity contribution in [1.29, 1.82) is 0 Å². The van der Waals surface area contributed by atoms with Gasteiger partial charge in [-0.1, -0.05) is 12.1 Å². The molecule has 1 heterocycles. The van der Waals surface area contributed by atoms with Gasteiger partial charge in [0.05, 0.1) is 24.9 Å². The molecule has 0 saturated carbocycles. The second kappa shape index (κ2) is 7.72. The summed E-state index contributed by atoms with van der Waals surface area (Å²) in [6.07, 6.45) is 3.07. The predicted molar refractivity (Wildman–Crippen MR) is 80.6 cm³/mol. The Balaban J connectivity index is 1.94. The zero-order chi connectivity index (χ0) is 15.9. The van der Waals surface area contributed by atoms with Crippen LogP contribution in [0.4, 0.5) is 0 Å². The van der Waals surface area contributed by atoms with E-state index in [0.717, 1.165) is 5.56 Å². The fraction of sp³-hybridized carbons (Fsp3) is 0.375. The molecule has 118 valence electrons. The highest BCUT2D eigenvalue weighted by molar-refractivity contribution is 5.92. The van der Waals surface area contributed by atoms with Crippen molar-refractivity contribution in [2.24, 2.45) is 0 Å². The fourth-order valence-electron chi connectivity index (χ4n) is 2.22. The molecule has 6 nitrogen and oxygen atoms in total. The zero-order valence-electron chi connectivity index (χ0n) is 12.4. The van der Waals surface area contributed by atoms with Crippen LogP contribution < -0.4 is 0 Å². The topological polar surface area (TPSA) is 76.1 Å². The number of ether oxygens (including phenoxy) is 2. The summed E-state index contributed by atoms with van der Waals surface area (Å²) >= 11 is 0. The van der Waals surface area contributed by atoms with Crippen LogP contribution in [-0.4, -0.2) is 61.4 Å². The molecule has 1 fully saturated rings. The van der Waals surface area contributed by atoms with Gasteiger partial charge in [-0.3, -0.25) is 4.79 Å². The van der Waals surface area contributed by atoms with E-state index in [1.165, 1.54) is 18.2 Å². The van der Waals surface area contributed by atoms with E-state index in [4.69, 9.17) is 14.6 Å². The minimum Gasteiger partial charge on any atom is -0.478 e. The van der Waals surface area contributed by atoms with Crippen molar-refractivity contribution in [1.82, 2.24) is 4.90 Å². The molecule has 1 unspecified atom stereocenters. The lowest BCUT2D eigenvalue weighted by Gasteiger charge is -2.31. The number of carboxylic acids is 1. The van der Waals surface area contributed by atoms with Gasteiger partial charge in [0.15, 0.2) is 0 Å². The van der Waals surface area contributed by atoms with Gasteiger partial charge in [-0.05, 0) is 23.8 Å². The monoisotopic (exact) mass is 305 g/mol. The number of hydrogen-bond donors (Lipinski definition) is 1. The van der Waals surface area contributed by atoms with Crippen LogP contribution in [0.15, 0.2) is 30.3 Å². The van der Waals surface area contributed by atoms with Crippen molar-refractivity contribution >= 4 is 18.0 Å². The van der Waals surface area contributed by atoms with Crippen LogP contribution in [0.1, 0.15) is 15.9 Å². The molecule has 1 amide bonds. The minimum absolute atomic E-state index is 0.0910. The predicted octanol–water partition coefficient (Wildman–Crippen LogP) is 1.27. The van der Waals surface area contributed by atoms with E-state index in [0.29, 0.717) is 26.3 Å². The first-order valence-corrected chi connectivity index (χ1v) is 7.01. The Kier molecular flexibility index (Phi) is 5.68. The molecule has 1 aromatic carbocycles. The molecule has 22 heavy (non-hydrogen) atoms. The minimum atomic E-state index is -0.968. The van der Waals surface area contributed by atoms with Crippen LogP contribution in [0.3, 0.4) is 0 Å². The molecule has 0 spiro atoms. The van der Waals surface area contributed by atoms with Crippen LogP contribution in [0, 0.1) is 0 Å². The smallest absolute Gasteiger partial charge is 0.335 e. The Morgan fingerprint density at radius 2 is 2.14 bits per heavy atom. The third kappa shape index (κ3) is 4.41. The largest absolute Gasteiger partial charge is 0.478 e. The second-order valence-corrected chi connectivity index (χ2v) is 4.99. The molecular formula is C16H19NO5. The third-order valence-corrected chi connectivity index (χ3v) is 3.38. The van der Waals surface area contributed by atoms with Crippen molar-refractivity contribution in [2.75, 3.05) is 33.4 Å².